The number of thiocarbonyl (C=S) groups is 1. The first kappa shape index (κ1) is 15.4. The molecule has 19 heavy (non-hydrogen) atoms. The van der Waals surface area contributed by atoms with Gasteiger partial charge < -0.3 is 5.73 Å². The molecule has 0 spiro atoms. The number of nitrogens with zero attached hydrogens (tertiary/aromatic N) is 3. The number of carbonyl (C=O) groups excluding carboxylic acids is 1. The van der Waals surface area contributed by atoms with Crippen molar-refractivity contribution < 1.29 is 4.79 Å². The molecule has 0 bridgehead atoms. The van der Waals surface area contributed by atoms with Crippen molar-refractivity contribution in [2.45, 2.75) is 39.7 Å². The summed E-state index contributed by atoms with van der Waals surface area (Å²) in [7, 11) is 0. The number of carbonyl (C=O) groups is 1. The maximum Gasteiger partial charge on any atom is 0.240 e. The van der Waals surface area contributed by atoms with Gasteiger partial charge in [-0.15, -0.1) is 0 Å². The molecule has 0 saturated carbocycles. The van der Waals surface area contributed by atoms with Gasteiger partial charge in [0.15, 0.2) is 5.11 Å². The highest BCUT2D eigenvalue weighted by Gasteiger charge is 2.10. The Labute approximate surface area is 118 Å². The Hall–Kier alpha value is -1.63. The SMILES string of the molecule is CCCCN(NC(=O)CCn1cc(C)cn1)C(N)=S. The number of unbranched alkanes of at least 4 members (excludes halogenated alkanes) is 1. The van der Waals surface area contributed by atoms with Crippen LogP contribution in [-0.4, -0.2) is 32.4 Å². The largest absolute Gasteiger partial charge is 0.375 e. The van der Waals surface area contributed by atoms with E-state index >= 15 is 0 Å². The minimum absolute atomic E-state index is 0.114. The van der Waals surface area contributed by atoms with Gasteiger partial charge in [-0.1, -0.05) is 13.3 Å². The Morgan fingerprint density at radius 1 is 1.63 bits per heavy atom. The van der Waals surface area contributed by atoms with Crippen molar-refractivity contribution in [3.8, 4) is 0 Å². The lowest BCUT2D eigenvalue weighted by Crippen LogP contribution is -2.49. The standard InChI is InChI=1S/C12H21N5OS/c1-3-4-6-17(12(13)19)15-11(18)5-7-16-9-10(2)8-14-16/h8-9H,3-7H2,1-2H3,(H2,13,19)(H,15,18). The van der Waals surface area contributed by atoms with E-state index in [9.17, 15) is 4.79 Å². The highest BCUT2D eigenvalue weighted by atomic mass is 32.1. The summed E-state index contributed by atoms with van der Waals surface area (Å²) in [6.07, 6.45) is 5.94. The molecule has 1 rings (SSSR count). The van der Waals surface area contributed by atoms with Gasteiger partial charge in [0.1, 0.15) is 0 Å². The quantitative estimate of drug-likeness (QED) is 0.601. The van der Waals surface area contributed by atoms with Crippen LogP contribution < -0.4 is 11.2 Å². The van der Waals surface area contributed by atoms with Crippen molar-refractivity contribution in [2.24, 2.45) is 5.73 Å². The molecule has 1 amide bonds. The van der Waals surface area contributed by atoms with Gasteiger partial charge in [0, 0.05) is 25.7 Å². The molecule has 1 aromatic heterocycles. The highest BCUT2D eigenvalue weighted by Crippen LogP contribution is 1.97. The van der Waals surface area contributed by atoms with E-state index in [1.165, 1.54) is 5.01 Å². The average Bonchev–Trinajstić information content (AvgIpc) is 2.77. The van der Waals surface area contributed by atoms with E-state index in [0.29, 0.717) is 19.5 Å². The monoisotopic (exact) mass is 283 g/mol. The fourth-order valence-electron chi connectivity index (χ4n) is 1.55. The van der Waals surface area contributed by atoms with E-state index in [1.54, 1.807) is 10.9 Å². The lowest BCUT2D eigenvalue weighted by atomic mass is 10.3. The van der Waals surface area contributed by atoms with Gasteiger partial charge in [0.2, 0.25) is 5.91 Å². The third kappa shape index (κ3) is 5.69. The summed E-state index contributed by atoms with van der Waals surface area (Å²) in [5.41, 5.74) is 9.35. The summed E-state index contributed by atoms with van der Waals surface area (Å²) in [5.74, 6) is -0.114. The molecule has 0 aliphatic heterocycles. The van der Waals surface area contributed by atoms with Gasteiger partial charge >= 0.3 is 0 Å². The van der Waals surface area contributed by atoms with E-state index < -0.39 is 0 Å². The Bertz CT molecular complexity index is 432. The zero-order valence-electron chi connectivity index (χ0n) is 11.4. The second-order valence-corrected chi connectivity index (χ2v) is 4.83. The molecule has 0 aliphatic rings. The summed E-state index contributed by atoms with van der Waals surface area (Å²) in [5, 5.41) is 5.84. The molecule has 7 heteroatoms. The molecular weight excluding hydrogens is 262 g/mol. The fraction of sp³-hybridized carbons (Fsp3) is 0.583. The number of nitrogens with two attached hydrogens (primary N) is 1. The van der Waals surface area contributed by atoms with Crippen LogP contribution in [0.5, 0.6) is 0 Å². The molecule has 0 radical (unpaired) electrons. The predicted molar refractivity (Wildman–Crippen MR) is 78.1 cm³/mol. The van der Waals surface area contributed by atoms with Crippen LogP contribution in [0, 0.1) is 6.92 Å². The van der Waals surface area contributed by atoms with Gasteiger partial charge in [0.05, 0.1) is 6.20 Å². The Morgan fingerprint density at radius 2 is 2.37 bits per heavy atom. The number of hydrogen-bond donors (Lipinski definition) is 2. The summed E-state index contributed by atoms with van der Waals surface area (Å²) < 4.78 is 1.74. The van der Waals surface area contributed by atoms with Gasteiger partial charge in [-0.2, -0.15) is 5.10 Å². The fourth-order valence-corrected chi connectivity index (χ4v) is 1.69. The maximum atomic E-state index is 11.8. The molecule has 1 aromatic rings. The molecule has 0 aromatic carbocycles. The molecule has 1 heterocycles. The van der Waals surface area contributed by atoms with Crippen molar-refractivity contribution in [2.75, 3.05) is 6.54 Å². The molecule has 0 fully saturated rings. The summed E-state index contributed by atoms with van der Waals surface area (Å²) in [6, 6.07) is 0. The zero-order valence-corrected chi connectivity index (χ0v) is 12.2. The van der Waals surface area contributed by atoms with Crippen molar-refractivity contribution in [1.82, 2.24) is 20.2 Å². The number of aromatic nitrogens is 2. The van der Waals surface area contributed by atoms with Crippen LogP contribution in [0.1, 0.15) is 31.7 Å². The number of nitrogens with one attached hydrogen (secondary N) is 1. The van der Waals surface area contributed by atoms with Gasteiger partial charge in [-0.25, -0.2) is 0 Å². The van der Waals surface area contributed by atoms with E-state index in [-0.39, 0.29) is 11.0 Å². The number of amides is 1. The summed E-state index contributed by atoms with van der Waals surface area (Å²) in [6.45, 7) is 5.21. The van der Waals surface area contributed by atoms with Gasteiger partial charge in [-0.05, 0) is 31.1 Å². The van der Waals surface area contributed by atoms with Crippen LogP contribution in [0.2, 0.25) is 0 Å². The molecular formula is C12H21N5OS. The molecule has 6 nitrogen and oxygen atoms in total. The third-order valence-electron chi connectivity index (χ3n) is 2.59. The van der Waals surface area contributed by atoms with Crippen LogP contribution in [-0.2, 0) is 11.3 Å². The predicted octanol–water partition coefficient (Wildman–Crippen LogP) is 0.959. The molecule has 0 saturated heterocycles. The van der Waals surface area contributed by atoms with Crippen molar-refractivity contribution in [3.63, 3.8) is 0 Å². The van der Waals surface area contributed by atoms with Crippen molar-refractivity contribution in [3.05, 3.63) is 18.0 Å². The molecule has 0 unspecified atom stereocenters. The molecule has 106 valence electrons. The maximum absolute atomic E-state index is 11.8. The Balaban J connectivity index is 2.37. The van der Waals surface area contributed by atoms with Gasteiger partial charge in [-0.3, -0.25) is 19.9 Å². The minimum Gasteiger partial charge on any atom is -0.375 e. The number of hydrogen-bond acceptors (Lipinski definition) is 3. The normalized spacial score (nSPS) is 10.2. The summed E-state index contributed by atoms with van der Waals surface area (Å²) >= 11 is 4.90. The van der Waals surface area contributed by atoms with Gasteiger partial charge in [0.25, 0.3) is 0 Å². The lowest BCUT2D eigenvalue weighted by Gasteiger charge is -2.23. The first-order valence-corrected chi connectivity index (χ1v) is 6.79. The van der Waals surface area contributed by atoms with E-state index in [0.717, 1.165) is 18.4 Å². The number of aryl methyl sites for hydroxylation is 2. The smallest absolute Gasteiger partial charge is 0.240 e. The molecule has 0 atom stereocenters. The van der Waals surface area contributed by atoms with Crippen LogP contribution in [0.4, 0.5) is 0 Å². The molecule has 0 aliphatic carbocycles. The lowest BCUT2D eigenvalue weighted by molar-refractivity contribution is -0.124. The molecule has 3 N–H and O–H groups in total. The second kappa shape index (κ2) is 7.73. The highest BCUT2D eigenvalue weighted by molar-refractivity contribution is 7.80. The topological polar surface area (TPSA) is 76.2 Å². The van der Waals surface area contributed by atoms with E-state index in [2.05, 4.69) is 17.4 Å². The first-order chi connectivity index (χ1) is 9.02. The number of rotatable bonds is 6. The van der Waals surface area contributed by atoms with E-state index in [4.69, 9.17) is 18.0 Å². The van der Waals surface area contributed by atoms with Crippen LogP contribution in [0.25, 0.3) is 0 Å². The van der Waals surface area contributed by atoms with Crippen LogP contribution in [0.3, 0.4) is 0 Å². The van der Waals surface area contributed by atoms with Crippen LogP contribution in [0.15, 0.2) is 12.4 Å². The zero-order chi connectivity index (χ0) is 14.3. The summed E-state index contributed by atoms with van der Waals surface area (Å²) in [4.78, 5) is 11.8. The average molecular weight is 283 g/mol. The Morgan fingerprint density at radius 3 is 2.89 bits per heavy atom. The number of hydrazine groups is 1. The van der Waals surface area contributed by atoms with Crippen molar-refractivity contribution in [1.29, 1.82) is 0 Å². The van der Waals surface area contributed by atoms with Crippen molar-refractivity contribution >= 4 is 23.2 Å². The Kier molecular flexibility index (Phi) is 6.27. The third-order valence-corrected chi connectivity index (χ3v) is 2.81. The minimum atomic E-state index is -0.114. The first-order valence-electron chi connectivity index (χ1n) is 6.38. The second-order valence-electron chi connectivity index (χ2n) is 4.41. The van der Waals surface area contributed by atoms with E-state index in [1.807, 2.05) is 13.1 Å². The van der Waals surface area contributed by atoms with Crippen LogP contribution >= 0.6 is 12.2 Å².